The van der Waals surface area contributed by atoms with Gasteiger partial charge >= 0.3 is 11.9 Å². The van der Waals surface area contributed by atoms with Crippen molar-refractivity contribution >= 4 is 66.8 Å². The van der Waals surface area contributed by atoms with Gasteiger partial charge in [0.15, 0.2) is 22.4 Å². The molecule has 6 rings (SSSR count). The lowest BCUT2D eigenvalue weighted by Gasteiger charge is -2.26. The number of allylic oxidation sites excluding steroid dienone is 1. The second kappa shape index (κ2) is 11.4. The van der Waals surface area contributed by atoms with Crippen molar-refractivity contribution in [3.8, 4) is 11.5 Å². The minimum Gasteiger partial charge on any atom is -0.504 e. The number of phenolic OH excluding ortho intramolecular Hbond substituents is 1. The molecule has 0 aliphatic heterocycles. The Bertz CT molecular complexity index is 2260. The molecule has 1 aliphatic carbocycles. The van der Waals surface area contributed by atoms with Gasteiger partial charge in [0.25, 0.3) is 0 Å². The molecule has 238 valence electrons. The Hall–Kier alpha value is -5.04. The Kier molecular flexibility index (Phi) is 7.67. The van der Waals surface area contributed by atoms with Gasteiger partial charge in [-0.15, -0.1) is 0 Å². The van der Waals surface area contributed by atoms with Crippen LogP contribution in [0.2, 0.25) is 0 Å². The first-order chi connectivity index (χ1) is 22.0. The van der Waals surface area contributed by atoms with Crippen molar-refractivity contribution in [1.82, 2.24) is 5.32 Å². The molecule has 0 heterocycles. The van der Waals surface area contributed by atoms with Crippen molar-refractivity contribution in [3.05, 3.63) is 66.0 Å². The van der Waals surface area contributed by atoms with Crippen molar-refractivity contribution in [2.75, 3.05) is 19.0 Å². The molecule has 5 aromatic rings. The average Bonchev–Trinajstić information content (AvgIpc) is 3.16. The lowest BCUT2D eigenvalue weighted by molar-refractivity contribution is -0.144. The van der Waals surface area contributed by atoms with Gasteiger partial charge < -0.3 is 40.9 Å². The van der Waals surface area contributed by atoms with Crippen LogP contribution in [0.1, 0.15) is 48.1 Å². The van der Waals surface area contributed by atoms with Gasteiger partial charge in [-0.05, 0) is 75.8 Å². The Morgan fingerprint density at radius 1 is 0.913 bits per heavy atom. The van der Waals surface area contributed by atoms with Crippen LogP contribution >= 0.6 is 0 Å². The molecule has 1 atom stereocenters. The molecule has 0 fully saturated rings. The van der Waals surface area contributed by atoms with Crippen molar-refractivity contribution in [1.29, 1.82) is 0 Å². The third-order valence-electron chi connectivity index (χ3n) is 8.86. The number of carbonyl (C=O) groups is 2. The third-order valence-corrected chi connectivity index (χ3v) is 8.86. The van der Waals surface area contributed by atoms with Gasteiger partial charge in [-0.2, -0.15) is 0 Å². The standard InChI is InChI=1S/C34H32N2O10/c1-4-35-10-18-16-5-13(2)6-17-26-25(16)29-23(24-15(12-38)8-21(40)28(30(24)26)32(43)33(17)46-3)14(11-37)7-20(39)27(29)31(18)36-19(34(44)45)9-22(41)42/h5,7-8,19,35-38,43H,4,6,9-12H2,1-3H3,(H,41,42)(H,44,45). The molecule has 0 saturated carbocycles. The maximum absolute atomic E-state index is 14.1. The van der Waals surface area contributed by atoms with E-state index in [1.165, 1.54) is 19.2 Å². The number of aliphatic hydroxyl groups excluding tert-OH is 2. The first-order valence-electron chi connectivity index (χ1n) is 14.7. The number of carboxylic acid groups (broad SMARTS) is 2. The van der Waals surface area contributed by atoms with Crippen LogP contribution in [-0.4, -0.2) is 57.2 Å². The Labute approximate surface area is 260 Å². The zero-order valence-electron chi connectivity index (χ0n) is 25.3. The van der Waals surface area contributed by atoms with Crippen LogP contribution in [0, 0.1) is 0 Å². The Morgan fingerprint density at radius 3 is 2.07 bits per heavy atom. The number of fused-ring (bicyclic) bond motifs is 1. The van der Waals surface area contributed by atoms with E-state index in [0.29, 0.717) is 55.6 Å². The number of methoxy groups -OCH3 is 1. The summed E-state index contributed by atoms with van der Waals surface area (Å²) in [6, 6.07) is 0.835. The summed E-state index contributed by atoms with van der Waals surface area (Å²) < 4.78 is 5.70. The number of anilines is 1. The second-order valence-corrected chi connectivity index (χ2v) is 11.6. The van der Waals surface area contributed by atoms with Crippen LogP contribution in [0.25, 0.3) is 49.2 Å². The molecule has 46 heavy (non-hydrogen) atoms. The number of aliphatic hydroxyl groups is 2. The van der Waals surface area contributed by atoms with Gasteiger partial charge in [0, 0.05) is 22.9 Å². The normalized spacial score (nSPS) is 13.5. The fraction of sp³-hybridized carbons (Fsp3) is 0.294. The van der Waals surface area contributed by atoms with Crippen LogP contribution in [0.4, 0.5) is 5.69 Å². The number of hydrogen-bond acceptors (Lipinski definition) is 10. The van der Waals surface area contributed by atoms with Crippen LogP contribution in [0.15, 0.2) is 27.3 Å². The number of aromatic hydroxyl groups is 1. The molecule has 0 radical (unpaired) electrons. The highest BCUT2D eigenvalue weighted by atomic mass is 16.5. The van der Waals surface area contributed by atoms with E-state index in [1.807, 2.05) is 19.9 Å². The highest BCUT2D eigenvalue weighted by Gasteiger charge is 2.33. The Balaban J connectivity index is 2.02. The predicted molar refractivity (Wildman–Crippen MR) is 173 cm³/mol. The van der Waals surface area contributed by atoms with Gasteiger partial charge in [0.2, 0.25) is 0 Å². The topological polar surface area (TPSA) is 203 Å². The molecule has 7 N–H and O–H groups in total. The second-order valence-electron chi connectivity index (χ2n) is 11.6. The van der Waals surface area contributed by atoms with E-state index in [4.69, 9.17) is 4.74 Å². The van der Waals surface area contributed by atoms with Crippen molar-refractivity contribution in [2.24, 2.45) is 0 Å². The summed E-state index contributed by atoms with van der Waals surface area (Å²) in [5.74, 6) is -3.06. The molecule has 12 heteroatoms. The fourth-order valence-electron chi connectivity index (χ4n) is 7.12. The average molecular weight is 629 g/mol. The van der Waals surface area contributed by atoms with Crippen molar-refractivity contribution in [2.45, 2.75) is 52.5 Å². The summed E-state index contributed by atoms with van der Waals surface area (Å²) in [4.78, 5) is 51.7. The van der Waals surface area contributed by atoms with E-state index in [0.717, 1.165) is 5.57 Å². The molecule has 0 amide bonds. The summed E-state index contributed by atoms with van der Waals surface area (Å²) in [7, 11) is 1.38. The molecule has 1 aliphatic rings. The van der Waals surface area contributed by atoms with Gasteiger partial charge in [-0.3, -0.25) is 14.4 Å². The zero-order chi connectivity index (χ0) is 33.2. The van der Waals surface area contributed by atoms with E-state index in [1.54, 1.807) is 0 Å². The Morgan fingerprint density at radius 2 is 1.52 bits per heavy atom. The number of phenols is 1. The molecular weight excluding hydrogens is 596 g/mol. The maximum atomic E-state index is 14.1. The molecule has 0 spiro atoms. The van der Waals surface area contributed by atoms with Gasteiger partial charge in [0.1, 0.15) is 6.04 Å². The first-order valence-corrected chi connectivity index (χ1v) is 14.7. The largest absolute Gasteiger partial charge is 0.504 e. The number of hydrogen-bond donors (Lipinski definition) is 7. The summed E-state index contributed by atoms with van der Waals surface area (Å²) in [5, 5.41) is 60.7. The van der Waals surface area contributed by atoms with Crippen molar-refractivity contribution < 1.29 is 39.9 Å². The fourth-order valence-corrected chi connectivity index (χ4v) is 7.12. The smallest absolute Gasteiger partial charge is 0.326 e. The van der Waals surface area contributed by atoms with Gasteiger partial charge in [-0.1, -0.05) is 18.6 Å². The minimum absolute atomic E-state index is 0.0370. The number of aliphatic carboxylic acids is 2. The molecule has 0 aromatic heterocycles. The van der Waals surface area contributed by atoms with Gasteiger partial charge in [0.05, 0.1) is 43.2 Å². The number of nitrogens with one attached hydrogen (secondary N) is 2. The number of ether oxygens (including phenoxy) is 1. The van der Waals surface area contributed by atoms with E-state index in [2.05, 4.69) is 10.6 Å². The first kappa shape index (κ1) is 31.0. The number of carboxylic acids is 2. The summed E-state index contributed by atoms with van der Waals surface area (Å²) in [6.45, 7) is 3.25. The molecule has 1 unspecified atom stereocenters. The number of benzene rings is 5. The molecule has 0 saturated heterocycles. The minimum atomic E-state index is -1.60. The van der Waals surface area contributed by atoms with Crippen molar-refractivity contribution in [3.63, 3.8) is 0 Å². The molecular formula is C34H32N2O10. The summed E-state index contributed by atoms with van der Waals surface area (Å²) >= 11 is 0. The maximum Gasteiger partial charge on any atom is 0.326 e. The lowest BCUT2D eigenvalue weighted by atomic mass is 9.80. The SMILES string of the molecule is CCNCc1c(NC(CC(=O)O)C(=O)O)c2c(=O)cc(CO)c3c4c(CO)cc(=O)c5c(O)c(OC)c6c(c(c1C=C(C)C6)c23)c54. The van der Waals surface area contributed by atoms with E-state index in [-0.39, 0.29) is 52.1 Å². The van der Waals surface area contributed by atoms with E-state index >= 15 is 0 Å². The van der Waals surface area contributed by atoms with Gasteiger partial charge in [-0.25, -0.2) is 4.79 Å². The molecule has 5 aromatic carbocycles. The van der Waals surface area contributed by atoms with Crippen LogP contribution in [0.3, 0.4) is 0 Å². The molecule has 12 nitrogen and oxygen atoms in total. The highest BCUT2D eigenvalue weighted by molar-refractivity contribution is 6.38. The predicted octanol–water partition coefficient (Wildman–Crippen LogP) is 3.00. The van der Waals surface area contributed by atoms with Crippen LogP contribution in [0.5, 0.6) is 11.5 Å². The number of rotatable bonds is 11. The van der Waals surface area contributed by atoms with E-state index in [9.17, 15) is 44.7 Å². The monoisotopic (exact) mass is 628 g/mol. The quantitative estimate of drug-likeness (QED) is 0.0834. The van der Waals surface area contributed by atoms with Crippen LogP contribution < -0.4 is 26.2 Å². The zero-order valence-corrected chi connectivity index (χ0v) is 25.3. The van der Waals surface area contributed by atoms with Crippen LogP contribution in [-0.2, 0) is 35.8 Å². The highest BCUT2D eigenvalue weighted by Crippen LogP contribution is 2.53. The summed E-state index contributed by atoms with van der Waals surface area (Å²) in [5.41, 5.74) is 1.89. The van der Waals surface area contributed by atoms with E-state index < -0.39 is 48.5 Å². The third kappa shape index (κ3) is 4.40. The lowest BCUT2D eigenvalue weighted by Crippen LogP contribution is -2.33. The summed E-state index contributed by atoms with van der Waals surface area (Å²) in [6.07, 6.45) is 1.39. The molecule has 0 bridgehead atoms.